The highest BCUT2D eigenvalue weighted by molar-refractivity contribution is 7.90. The van der Waals surface area contributed by atoms with Crippen molar-refractivity contribution in [2.45, 2.75) is 17.9 Å². The van der Waals surface area contributed by atoms with E-state index >= 15 is 0 Å². The van der Waals surface area contributed by atoms with E-state index in [9.17, 15) is 13.2 Å². The third-order valence-electron chi connectivity index (χ3n) is 4.36. The molecule has 27 heavy (non-hydrogen) atoms. The first-order valence-corrected chi connectivity index (χ1v) is 10.5. The van der Waals surface area contributed by atoms with Gasteiger partial charge in [0.05, 0.1) is 10.9 Å². The highest BCUT2D eigenvalue weighted by atomic mass is 32.2. The van der Waals surface area contributed by atoms with E-state index in [1.165, 1.54) is 24.3 Å². The van der Waals surface area contributed by atoms with Crippen molar-refractivity contribution in [2.75, 3.05) is 6.26 Å². The lowest BCUT2D eigenvalue weighted by Crippen LogP contribution is -2.29. The first-order chi connectivity index (χ1) is 12.8. The van der Waals surface area contributed by atoms with Crippen LogP contribution in [0.1, 0.15) is 33.1 Å². The molecule has 1 N–H and O–H groups in total. The van der Waals surface area contributed by atoms with Gasteiger partial charge < -0.3 is 5.32 Å². The van der Waals surface area contributed by atoms with Crippen LogP contribution in [0, 0.1) is 6.92 Å². The summed E-state index contributed by atoms with van der Waals surface area (Å²) < 4.78 is 23.2. The minimum Gasteiger partial charge on any atom is -0.341 e. The lowest BCUT2D eigenvalue weighted by molar-refractivity contribution is 0.0943. The van der Waals surface area contributed by atoms with Gasteiger partial charge in [0.2, 0.25) is 0 Å². The van der Waals surface area contributed by atoms with Crippen molar-refractivity contribution in [2.24, 2.45) is 0 Å². The summed E-state index contributed by atoms with van der Waals surface area (Å²) in [6.45, 7) is 2.02. The van der Waals surface area contributed by atoms with Crippen LogP contribution >= 0.6 is 0 Å². The minimum absolute atomic E-state index is 0.192. The van der Waals surface area contributed by atoms with Gasteiger partial charge in [0.15, 0.2) is 9.84 Å². The molecule has 0 radical (unpaired) electrons. The molecule has 138 valence electrons. The van der Waals surface area contributed by atoms with E-state index in [0.717, 1.165) is 22.9 Å². The van der Waals surface area contributed by atoms with Gasteiger partial charge in [-0.15, -0.1) is 0 Å². The molecule has 1 atom stereocenters. The molecule has 4 nitrogen and oxygen atoms in total. The second kappa shape index (κ2) is 7.76. The van der Waals surface area contributed by atoms with Crippen LogP contribution in [-0.4, -0.2) is 20.6 Å². The SMILES string of the molecule is Cc1ccc(C(NC(=O)c2ccc(S(C)(=O)=O)cc2)c2ccccc2)cc1. The Hall–Kier alpha value is -2.92. The highest BCUT2D eigenvalue weighted by Gasteiger charge is 2.18. The number of aryl methyl sites for hydroxylation is 1. The molecule has 0 saturated carbocycles. The molecule has 1 unspecified atom stereocenters. The summed E-state index contributed by atoms with van der Waals surface area (Å²) in [5, 5.41) is 3.06. The summed E-state index contributed by atoms with van der Waals surface area (Å²) in [6.07, 6.45) is 1.14. The Morgan fingerprint density at radius 3 is 1.93 bits per heavy atom. The number of nitrogens with one attached hydrogen (secondary N) is 1. The Morgan fingerprint density at radius 1 is 0.815 bits per heavy atom. The van der Waals surface area contributed by atoms with E-state index in [-0.39, 0.29) is 16.8 Å². The quantitative estimate of drug-likeness (QED) is 0.731. The van der Waals surface area contributed by atoms with Crippen LogP contribution in [0.5, 0.6) is 0 Å². The third-order valence-corrected chi connectivity index (χ3v) is 5.49. The fraction of sp³-hybridized carbons (Fsp3) is 0.136. The van der Waals surface area contributed by atoms with Gasteiger partial charge in [-0.05, 0) is 42.3 Å². The molecule has 1 amide bonds. The first-order valence-electron chi connectivity index (χ1n) is 8.57. The van der Waals surface area contributed by atoms with Gasteiger partial charge >= 0.3 is 0 Å². The monoisotopic (exact) mass is 379 g/mol. The van der Waals surface area contributed by atoms with Crippen molar-refractivity contribution in [1.29, 1.82) is 0 Å². The van der Waals surface area contributed by atoms with Crippen molar-refractivity contribution >= 4 is 15.7 Å². The Kier molecular flexibility index (Phi) is 5.42. The lowest BCUT2D eigenvalue weighted by Gasteiger charge is -2.20. The molecule has 0 aliphatic heterocycles. The van der Waals surface area contributed by atoms with Crippen molar-refractivity contribution in [3.05, 3.63) is 101 Å². The molecule has 3 aromatic rings. The van der Waals surface area contributed by atoms with Gasteiger partial charge in [-0.25, -0.2) is 8.42 Å². The standard InChI is InChI=1S/C22H21NO3S/c1-16-8-10-18(11-9-16)21(17-6-4-3-5-7-17)23-22(24)19-12-14-20(15-13-19)27(2,25)26/h3-15,21H,1-2H3,(H,23,24). The number of carbonyl (C=O) groups excluding carboxylic acids is 1. The van der Waals surface area contributed by atoms with Crippen LogP contribution in [0.25, 0.3) is 0 Å². The molecule has 3 aromatic carbocycles. The zero-order valence-corrected chi connectivity index (χ0v) is 16.0. The van der Waals surface area contributed by atoms with Gasteiger partial charge in [0, 0.05) is 11.8 Å². The number of amides is 1. The summed E-state index contributed by atoms with van der Waals surface area (Å²) in [5.41, 5.74) is 3.51. The number of hydrogen-bond donors (Lipinski definition) is 1. The number of rotatable bonds is 5. The summed E-state index contributed by atoms with van der Waals surface area (Å²) in [4.78, 5) is 13.0. The maximum absolute atomic E-state index is 12.8. The lowest BCUT2D eigenvalue weighted by atomic mass is 9.97. The highest BCUT2D eigenvalue weighted by Crippen LogP contribution is 2.23. The van der Waals surface area contributed by atoms with Crippen LogP contribution < -0.4 is 5.32 Å². The minimum atomic E-state index is -3.29. The third kappa shape index (κ3) is 4.63. The summed E-state index contributed by atoms with van der Waals surface area (Å²) in [6, 6.07) is 23.4. The van der Waals surface area contributed by atoms with Gasteiger partial charge in [-0.3, -0.25) is 4.79 Å². The van der Waals surface area contributed by atoms with Gasteiger partial charge in [-0.1, -0.05) is 60.2 Å². The van der Waals surface area contributed by atoms with E-state index in [1.54, 1.807) is 0 Å². The molecule has 3 rings (SSSR count). The van der Waals surface area contributed by atoms with E-state index in [4.69, 9.17) is 0 Å². The second-order valence-corrected chi connectivity index (χ2v) is 8.54. The van der Waals surface area contributed by atoms with E-state index in [1.807, 2.05) is 61.5 Å². The Bertz CT molecular complexity index is 1030. The molecule has 0 heterocycles. The maximum Gasteiger partial charge on any atom is 0.252 e. The molecule has 0 saturated heterocycles. The van der Waals surface area contributed by atoms with Crippen molar-refractivity contribution in [3.8, 4) is 0 Å². The molecule has 0 aliphatic carbocycles. The summed E-state index contributed by atoms with van der Waals surface area (Å²) in [5.74, 6) is -0.260. The van der Waals surface area contributed by atoms with Crippen molar-refractivity contribution < 1.29 is 13.2 Å². The summed E-state index contributed by atoms with van der Waals surface area (Å²) >= 11 is 0. The number of carbonyl (C=O) groups is 1. The van der Waals surface area contributed by atoms with Crippen LogP contribution in [0.2, 0.25) is 0 Å². The predicted molar refractivity (Wildman–Crippen MR) is 106 cm³/mol. The second-order valence-electron chi connectivity index (χ2n) is 6.52. The van der Waals surface area contributed by atoms with E-state index in [2.05, 4.69) is 5.32 Å². The van der Waals surface area contributed by atoms with E-state index < -0.39 is 9.84 Å². The molecular weight excluding hydrogens is 358 g/mol. The van der Waals surface area contributed by atoms with Crippen LogP contribution in [0.15, 0.2) is 83.8 Å². The van der Waals surface area contributed by atoms with Gasteiger partial charge in [0.25, 0.3) is 5.91 Å². The largest absolute Gasteiger partial charge is 0.341 e. The number of benzene rings is 3. The van der Waals surface area contributed by atoms with Crippen molar-refractivity contribution in [1.82, 2.24) is 5.32 Å². The van der Waals surface area contributed by atoms with Crippen molar-refractivity contribution in [3.63, 3.8) is 0 Å². The maximum atomic E-state index is 12.8. The fourth-order valence-corrected chi connectivity index (χ4v) is 3.46. The fourth-order valence-electron chi connectivity index (χ4n) is 2.83. The molecule has 0 fully saturated rings. The molecule has 0 spiro atoms. The zero-order valence-electron chi connectivity index (χ0n) is 15.2. The molecular formula is C22H21NO3S. The molecule has 0 aliphatic rings. The topological polar surface area (TPSA) is 63.2 Å². The first kappa shape index (κ1) is 18.9. The smallest absolute Gasteiger partial charge is 0.252 e. The Labute approximate surface area is 159 Å². The molecule has 0 bridgehead atoms. The average Bonchev–Trinajstić information content (AvgIpc) is 2.67. The van der Waals surface area contributed by atoms with Gasteiger partial charge in [-0.2, -0.15) is 0 Å². The average molecular weight is 379 g/mol. The van der Waals surface area contributed by atoms with Crippen LogP contribution in [-0.2, 0) is 9.84 Å². The zero-order chi connectivity index (χ0) is 19.4. The predicted octanol–water partition coefficient (Wildman–Crippen LogP) is 3.92. The number of hydrogen-bond acceptors (Lipinski definition) is 3. The van der Waals surface area contributed by atoms with E-state index in [0.29, 0.717) is 5.56 Å². The van der Waals surface area contributed by atoms with Crippen LogP contribution in [0.3, 0.4) is 0 Å². The summed E-state index contributed by atoms with van der Waals surface area (Å²) in [7, 11) is -3.29. The molecule has 5 heteroatoms. The Morgan fingerprint density at radius 2 is 1.37 bits per heavy atom. The van der Waals surface area contributed by atoms with Gasteiger partial charge in [0.1, 0.15) is 0 Å². The normalized spacial score (nSPS) is 12.4. The number of sulfone groups is 1. The Balaban J connectivity index is 1.90. The molecule has 0 aromatic heterocycles. The van der Waals surface area contributed by atoms with Crippen LogP contribution in [0.4, 0.5) is 0 Å².